The van der Waals surface area contributed by atoms with Crippen molar-refractivity contribution in [3.63, 3.8) is 0 Å². The predicted molar refractivity (Wildman–Crippen MR) is 60.8 cm³/mol. The molecule has 1 aliphatic heterocycles. The molecule has 1 aliphatic rings. The minimum absolute atomic E-state index is 0.0422. The van der Waals surface area contributed by atoms with E-state index in [1.807, 2.05) is 0 Å². The number of aromatic nitrogens is 2. The van der Waals surface area contributed by atoms with E-state index in [2.05, 4.69) is 9.97 Å². The Kier molecular flexibility index (Phi) is 2.96. The van der Waals surface area contributed by atoms with Crippen LogP contribution in [0.5, 0.6) is 0 Å². The maximum atomic E-state index is 11.7. The van der Waals surface area contributed by atoms with Crippen LogP contribution in [-0.2, 0) is 4.79 Å². The van der Waals surface area contributed by atoms with Gasteiger partial charge in [0.2, 0.25) is 11.9 Å². The number of halogens is 1. The van der Waals surface area contributed by atoms with Crippen molar-refractivity contribution in [2.45, 2.75) is 13.3 Å². The van der Waals surface area contributed by atoms with Gasteiger partial charge in [0.25, 0.3) is 5.56 Å². The second kappa shape index (κ2) is 4.25. The Labute approximate surface area is 97.4 Å². The number of hydrogen-bond acceptors (Lipinski definition) is 3. The topological polar surface area (TPSA) is 66.1 Å². The molecule has 1 fully saturated rings. The van der Waals surface area contributed by atoms with Gasteiger partial charge in [0.1, 0.15) is 0 Å². The number of rotatable bonds is 2. The summed E-state index contributed by atoms with van der Waals surface area (Å²) in [5, 5.41) is 0. The van der Waals surface area contributed by atoms with E-state index in [1.54, 1.807) is 6.92 Å². The molecule has 0 bridgehead atoms. The molecule has 2 rings (SSSR count). The van der Waals surface area contributed by atoms with Crippen molar-refractivity contribution in [2.75, 3.05) is 17.3 Å². The van der Waals surface area contributed by atoms with Crippen molar-refractivity contribution >= 4 is 23.5 Å². The van der Waals surface area contributed by atoms with E-state index in [4.69, 9.17) is 11.6 Å². The number of amides is 1. The second-order valence-corrected chi connectivity index (χ2v) is 4.25. The summed E-state index contributed by atoms with van der Waals surface area (Å²) in [7, 11) is 0. The first-order valence-corrected chi connectivity index (χ1v) is 5.58. The molecular weight excluding hydrogens is 230 g/mol. The summed E-state index contributed by atoms with van der Waals surface area (Å²) >= 11 is 5.72. The molecule has 1 amide bonds. The molecule has 16 heavy (non-hydrogen) atoms. The number of hydrogen-bond donors (Lipinski definition) is 1. The third-order valence-electron chi connectivity index (χ3n) is 2.54. The van der Waals surface area contributed by atoms with Crippen LogP contribution >= 0.6 is 11.6 Å². The van der Waals surface area contributed by atoms with E-state index < -0.39 is 0 Å². The Balaban J connectivity index is 2.31. The molecule has 0 saturated carbocycles. The van der Waals surface area contributed by atoms with Gasteiger partial charge >= 0.3 is 0 Å². The molecular formula is C10H12ClN3O2. The Morgan fingerprint density at radius 2 is 2.38 bits per heavy atom. The van der Waals surface area contributed by atoms with Crippen molar-refractivity contribution in [2.24, 2.45) is 5.92 Å². The summed E-state index contributed by atoms with van der Waals surface area (Å²) in [6.07, 6.45) is 0.418. The Bertz CT molecular complexity index is 471. The molecule has 1 unspecified atom stereocenters. The SMILES string of the molecule is Cc1cc(=O)[nH]c(N2CC(CCl)CC2=O)n1. The van der Waals surface area contributed by atoms with Crippen molar-refractivity contribution in [1.82, 2.24) is 9.97 Å². The molecule has 0 spiro atoms. The highest BCUT2D eigenvalue weighted by Gasteiger charge is 2.31. The molecule has 0 aliphatic carbocycles. The number of nitrogens with one attached hydrogen (secondary N) is 1. The van der Waals surface area contributed by atoms with Gasteiger partial charge in [-0.3, -0.25) is 19.5 Å². The molecule has 1 atom stereocenters. The molecule has 1 aromatic heterocycles. The highest BCUT2D eigenvalue weighted by molar-refractivity contribution is 6.18. The minimum Gasteiger partial charge on any atom is -0.292 e. The zero-order chi connectivity index (χ0) is 11.7. The normalized spacial score (nSPS) is 20.5. The molecule has 1 saturated heterocycles. The minimum atomic E-state index is -0.246. The molecule has 6 heteroatoms. The maximum Gasteiger partial charge on any atom is 0.252 e. The molecule has 0 radical (unpaired) electrons. The molecule has 2 heterocycles. The quantitative estimate of drug-likeness (QED) is 0.774. The van der Waals surface area contributed by atoms with Gasteiger partial charge in [-0.2, -0.15) is 0 Å². The van der Waals surface area contributed by atoms with Gasteiger partial charge in [-0.15, -0.1) is 11.6 Å². The molecule has 86 valence electrons. The predicted octanol–water partition coefficient (Wildman–Crippen LogP) is 0.670. The number of aryl methyl sites for hydroxylation is 1. The second-order valence-electron chi connectivity index (χ2n) is 3.94. The Morgan fingerprint density at radius 3 is 2.94 bits per heavy atom. The van der Waals surface area contributed by atoms with Crippen LogP contribution in [0, 0.1) is 12.8 Å². The summed E-state index contributed by atoms with van der Waals surface area (Å²) in [6.45, 7) is 2.24. The van der Waals surface area contributed by atoms with Gasteiger partial charge in [0.15, 0.2) is 0 Å². The molecule has 5 nitrogen and oxygen atoms in total. The number of anilines is 1. The molecule has 1 N–H and O–H groups in total. The number of aromatic amines is 1. The van der Waals surface area contributed by atoms with E-state index in [0.29, 0.717) is 30.5 Å². The first-order chi connectivity index (χ1) is 7.60. The Morgan fingerprint density at radius 1 is 1.62 bits per heavy atom. The van der Waals surface area contributed by atoms with Crippen LogP contribution in [0.1, 0.15) is 12.1 Å². The van der Waals surface area contributed by atoms with Gasteiger partial charge < -0.3 is 0 Å². The van der Waals surface area contributed by atoms with Crippen LogP contribution in [0.4, 0.5) is 5.95 Å². The highest BCUT2D eigenvalue weighted by atomic mass is 35.5. The lowest BCUT2D eigenvalue weighted by molar-refractivity contribution is -0.117. The zero-order valence-corrected chi connectivity index (χ0v) is 9.62. The highest BCUT2D eigenvalue weighted by Crippen LogP contribution is 2.22. The largest absolute Gasteiger partial charge is 0.292 e. The lowest BCUT2D eigenvalue weighted by Gasteiger charge is -2.14. The fourth-order valence-electron chi connectivity index (χ4n) is 1.78. The lowest BCUT2D eigenvalue weighted by Crippen LogP contribution is -2.29. The molecule has 0 aromatic carbocycles. The van der Waals surface area contributed by atoms with Gasteiger partial charge in [0.05, 0.1) is 0 Å². The first kappa shape index (κ1) is 11.1. The van der Waals surface area contributed by atoms with Crippen molar-refractivity contribution < 1.29 is 4.79 Å². The summed E-state index contributed by atoms with van der Waals surface area (Å²) in [5.74, 6) is 0.861. The van der Waals surface area contributed by atoms with E-state index in [9.17, 15) is 9.59 Å². The average Bonchev–Trinajstić information content (AvgIpc) is 2.58. The average molecular weight is 242 g/mol. The summed E-state index contributed by atoms with van der Waals surface area (Å²) in [6, 6.07) is 1.39. The van der Waals surface area contributed by atoms with Crippen molar-refractivity contribution in [3.05, 3.63) is 22.1 Å². The summed E-state index contributed by atoms with van der Waals surface area (Å²) < 4.78 is 0. The van der Waals surface area contributed by atoms with Gasteiger partial charge in [-0.05, 0) is 12.8 Å². The smallest absolute Gasteiger partial charge is 0.252 e. The van der Waals surface area contributed by atoms with Crippen LogP contribution in [0.3, 0.4) is 0 Å². The van der Waals surface area contributed by atoms with Crippen LogP contribution in [0.15, 0.2) is 10.9 Å². The van der Waals surface area contributed by atoms with Crippen LogP contribution in [0.25, 0.3) is 0 Å². The van der Waals surface area contributed by atoms with Crippen LogP contribution in [-0.4, -0.2) is 28.3 Å². The van der Waals surface area contributed by atoms with Crippen LogP contribution < -0.4 is 10.5 Å². The van der Waals surface area contributed by atoms with Gasteiger partial charge in [-0.1, -0.05) is 0 Å². The van der Waals surface area contributed by atoms with Gasteiger partial charge in [0, 0.05) is 30.6 Å². The number of nitrogens with zero attached hydrogens (tertiary/aromatic N) is 2. The number of carbonyl (C=O) groups excluding carboxylic acids is 1. The van der Waals surface area contributed by atoms with E-state index >= 15 is 0 Å². The third kappa shape index (κ3) is 2.09. The monoisotopic (exact) mass is 241 g/mol. The fourth-order valence-corrected chi connectivity index (χ4v) is 1.99. The van der Waals surface area contributed by atoms with Crippen LogP contribution in [0.2, 0.25) is 0 Å². The standard InChI is InChI=1S/C10H12ClN3O2/c1-6-2-8(15)13-10(12-6)14-5-7(4-11)3-9(14)16/h2,7H,3-5H2,1H3,(H,12,13,15). The number of alkyl halides is 1. The lowest BCUT2D eigenvalue weighted by atomic mass is 10.2. The number of carbonyl (C=O) groups is 1. The van der Waals surface area contributed by atoms with E-state index in [-0.39, 0.29) is 17.4 Å². The summed E-state index contributed by atoms with van der Waals surface area (Å²) in [4.78, 5) is 31.1. The third-order valence-corrected chi connectivity index (χ3v) is 2.97. The number of H-pyrrole nitrogens is 1. The summed E-state index contributed by atoms with van der Waals surface area (Å²) in [5.41, 5.74) is 0.352. The molecule has 1 aromatic rings. The first-order valence-electron chi connectivity index (χ1n) is 5.04. The van der Waals surface area contributed by atoms with Crippen molar-refractivity contribution in [3.8, 4) is 0 Å². The van der Waals surface area contributed by atoms with Gasteiger partial charge in [-0.25, -0.2) is 4.98 Å². The van der Waals surface area contributed by atoms with Crippen molar-refractivity contribution in [1.29, 1.82) is 0 Å². The fraction of sp³-hybridized carbons (Fsp3) is 0.500. The maximum absolute atomic E-state index is 11.7. The van der Waals surface area contributed by atoms with E-state index in [1.165, 1.54) is 11.0 Å². The Hall–Kier alpha value is -1.36. The zero-order valence-electron chi connectivity index (χ0n) is 8.86. The van der Waals surface area contributed by atoms with E-state index in [0.717, 1.165) is 0 Å².